The molecule has 0 atom stereocenters. The monoisotopic (exact) mass is 348 g/mol. The minimum absolute atomic E-state index is 0.192. The number of para-hydroxylation sites is 1. The van der Waals surface area contributed by atoms with E-state index in [0.29, 0.717) is 12.2 Å². The third-order valence-electron chi connectivity index (χ3n) is 4.04. The first kappa shape index (κ1) is 17.5. The van der Waals surface area contributed by atoms with Crippen LogP contribution in [0.15, 0.2) is 61.2 Å². The third-order valence-corrected chi connectivity index (χ3v) is 4.04. The van der Waals surface area contributed by atoms with Crippen molar-refractivity contribution in [3.05, 3.63) is 78.0 Å². The van der Waals surface area contributed by atoms with Gasteiger partial charge in [-0.1, -0.05) is 36.9 Å². The van der Waals surface area contributed by atoms with Crippen LogP contribution in [0.4, 0.5) is 4.79 Å². The lowest BCUT2D eigenvalue weighted by Crippen LogP contribution is -2.22. The van der Waals surface area contributed by atoms with Gasteiger partial charge in [-0.15, -0.1) is 0 Å². The Morgan fingerprint density at radius 3 is 2.65 bits per heavy atom. The average molecular weight is 348 g/mol. The van der Waals surface area contributed by atoms with Crippen molar-refractivity contribution in [2.24, 2.45) is 0 Å². The molecule has 0 saturated carbocycles. The lowest BCUT2D eigenvalue weighted by Gasteiger charge is -2.11. The van der Waals surface area contributed by atoms with Gasteiger partial charge in [0.15, 0.2) is 0 Å². The summed E-state index contributed by atoms with van der Waals surface area (Å²) >= 11 is 0. The minimum Gasteiger partial charge on any atom is -0.489 e. The maximum absolute atomic E-state index is 10.5. The fraction of sp³-hybridized carbons (Fsp3) is 0.143. The molecule has 0 saturated heterocycles. The molecule has 0 spiro atoms. The molecule has 5 heteroatoms. The molecule has 1 heterocycles. The number of fused-ring (bicyclic) bond motifs is 1. The molecule has 1 aromatic heterocycles. The fourth-order valence-electron chi connectivity index (χ4n) is 2.75. The predicted molar refractivity (Wildman–Crippen MR) is 102 cm³/mol. The molecule has 0 bridgehead atoms. The second kappa shape index (κ2) is 7.70. The number of rotatable bonds is 6. The number of ether oxygens (including phenoxy) is 1. The number of nitrogens with one attached hydrogen (secondary N) is 1. The van der Waals surface area contributed by atoms with Crippen molar-refractivity contribution in [1.82, 2.24) is 10.3 Å². The highest BCUT2D eigenvalue weighted by Crippen LogP contribution is 2.22. The summed E-state index contributed by atoms with van der Waals surface area (Å²) in [6.07, 6.45) is -1.06. The van der Waals surface area contributed by atoms with Gasteiger partial charge in [0, 0.05) is 23.2 Å². The van der Waals surface area contributed by atoms with E-state index in [-0.39, 0.29) is 6.54 Å². The summed E-state index contributed by atoms with van der Waals surface area (Å²) < 4.78 is 5.92. The second-order valence-corrected chi connectivity index (χ2v) is 6.02. The molecule has 0 fully saturated rings. The molecule has 0 unspecified atom stereocenters. The van der Waals surface area contributed by atoms with Crippen LogP contribution in [0.25, 0.3) is 16.5 Å². The Bertz CT molecular complexity index is 949. The zero-order chi connectivity index (χ0) is 18.5. The van der Waals surface area contributed by atoms with E-state index in [0.717, 1.165) is 33.5 Å². The van der Waals surface area contributed by atoms with Crippen molar-refractivity contribution >= 4 is 22.6 Å². The Morgan fingerprint density at radius 2 is 1.92 bits per heavy atom. The van der Waals surface area contributed by atoms with Crippen LogP contribution in [0.1, 0.15) is 16.8 Å². The normalized spacial score (nSPS) is 10.5. The fourth-order valence-corrected chi connectivity index (χ4v) is 2.75. The molecule has 0 aliphatic carbocycles. The van der Waals surface area contributed by atoms with Crippen molar-refractivity contribution < 1.29 is 14.6 Å². The highest BCUT2D eigenvalue weighted by atomic mass is 16.5. The van der Waals surface area contributed by atoms with Gasteiger partial charge < -0.3 is 15.2 Å². The summed E-state index contributed by atoms with van der Waals surface area (Å²) in [5.74, 6) is 0.742. The molecule has 2 N–H and O–H groups in total. The first-order chi connectivity index (χ1) is 12.5. The van der Waals surface area contributed by atoms with Gasteiger partial charge in [0.25, 0.3) is 0 Å². The highest BCUT2D eigenvalue weighted by Gasteiger charge is 2.06. The molecule has 3 rings (SSSR count). The average Bonchev–Trinajstić information content (AvgIpc) is 2.64. The van der Waals surface area contributed by atoms with Crippen LogP contribution in [-0.2, 0) is 6.61 Å². The van der Waals surface area contributed by atoms with E-state index >= 15 is 0 Å². The topological polar surface area (TPSA) is 71.5 Å². The SMILES string of the molecule is C=C(CNC(=O)O)c1ccc(OCc2cc(C)nc3ccccc23)cc1. The quantitative estimate of drug-likeness (QED) is 0.692. The molecular formula is C21H20N2O3. The number of hydrogen-bond acceptors (Lipinski definition) is 3. The van der Waals surface area contributed by atoms with E-state index in [1.165, 1.54) is 0 Å². The van der Waals surface area contributed by atoms with E-state index in [4.69, 9.17) is 9.84 Å². The molecule has 2 aromatic carbocycles. The van der Waals surface area contributed by atoms with Crippen LogP contribution < -0.4 is 10.1 Å². The Kier molecular flexibility index (Phi) is 5.17. The molecular weight excluding hydrogens is 328 g/mol. The van der Waals surface area contributed by atoms with Gasteiger partial charge in [-0.2, -0.15) is 0 Å². The zero-order valence-electron chi connectivity index (χ0n) is 14.5. The van der Waals surface area contributed by atoms with E-state index in [1.807, 2.05) is 61.5 Å². The molecule has 5 nitrogen and oxygen atoms in total. The third kappa shape index (κ3) is 4.19. The lowest BCUT2D eigenvalue weighted by atomic mass is 10.1. The van der Waals surface area contributed by atoms with Crippen LogP contribution in [0.5, 0.6) is 5.75 Å². The van der Waals surface area contributed by atoms with E-state index in [2.05, 4.69) is 16.9 Å². The summed E-state index contributed by atoms with van der Waals surface area (Å²) in [7, 11) is 0. The largest absolute Gasteiger partial charge is 0.489 e. The maximum Gasteiger partial charge on any atom is 0.404 e. The van der Waals surface area contributed by atoms with Gasteiger partial charge in [0.1, 0.15) is 12.4 Å². The number of benzene rings is 2. The summed E-state index contributed by atoms with van der Waals surface area (Å²) in [5, 5.41) is 12.0. The van der Waals surface area contributed by atoms with Crippen LogP contribution in [0.3, 0.4) is 0 Å². The Hall–Kier alpha value is -3.34. The minimum atomic E-state index is -1.06. The standard InChI is InChI=1S/C21H20N2O3/c1-14(12-22-21(24)25)16-7-9-18(10-8-16)26-13-17-11-15(2)23-20-6-4-3-5-19(17)20/h3-11,22H,1,12-13H2,2H3,(H,24,25). The first-order valence-corrected chi connectivity index (χ1v) is 8.26. The summed E-state index contributed by atoms with van der Waals surface area (Å²) in [4.78, 5) is 15.1. The number of aromatic nitrogens is 1. The van der Waals surface area contributed by atoms with Crippen molar-refractivity contribution in [3.8, 4) is 5.75 Å². The summed E-state index contributed by atoms with van der Waals surface area (Å²) in [6.45, 7) is 6.51. The maximum atomic E-state index is 10.5. The van der Waals surface area contributed by atoms with Gasteiger partial charge in [0.05, 0.1) is 5.52 Å². The smallest absolute Gasteiger partial charge is 0.404 e. The molecule has 0 aliphatic rings. The van der Waals surface area contributed by atoms with E-state index in [1.54, 1.807) is 0 Å². The number of hydrogen-bond donors (Lipinski definition) is 2. The second-order valence-electron chi connectivity index (χ2n) is 6.02. The van der Waals surface area contributed by atoms with Crippen LogP contribution in [-0.4, -0.2) is 22.7 Å². The van der Waals surface area contributed by atoms with Crippen LogP contribution in [0.2, 0.25) is 0 Å². The number of aryl methyl sites for hydroxylation is 1. The predicted octanol–water partition coefficient (Wildman–Crippen LogP) is 4.40. The van der Waals surface area contributed by atoms with Crippen molar-refractivity contribution in [1.29, 1.82) is 0 Å². The number of amides is 1. The van der Waals surface area contributed by atoms with Gasteiger partial charge in [-0.05, 0) is 42.3 Å². The van der Waals surface area contributed by atoms with Crippen molar-refractivity contribution in [2.45, 2.75) is 13.5 Å². The Labute approximate surface area is 152 Å². The van der Waals surface area contributed by atoms with Gasteiger partial charge in [-0.3, -0.25) is 4.98 Å². The first-order valence-electron chi connectivity index (χ1n) is 8.26. The number of carbonyl (C=O) groups is 1. The molecule has 132 valence electrons. The summed E-state index contributed by atoms with van der Waals surface area (Å²) in [6, 6.07) is 17.5. The van der Waals surface area contributed by atoms with E-state index in [9.17, 15) is 4.79 Å². The van der Waals surface area contributed by atoms with Crippen LogP contribution in [0, 0.1) is 6.92 Å². The van der Waals surface area contributed by atoms with Crippen molar-refractivity contribution in [2.75, 3.05) is 6.54 Å². The number of pyridine rings is 1. The Morgan fingerprint density at radius 1 is 1.19 bits per heavy atom. The molecule has 3 aromatic rings. The molecule has 1 amide bonds. The zero-order valence-corrected chi connectivity index (χ0v) is 14.5. The van der Waals surface area contributed by atoms with Gasteiger partial charge in [-0.25, -0.2) is 4.79 Å². The molecule has 0 radical (unpaired) electrons. The van der Waals surface area contributed by atoms with Gasteiger partial charge >= 0.3 is 6.09 Å². The van der Waals surface area contributed by atoms with Crippen LogP contribution >= 0.6 is 0 Å². The molecule has 26 heavy (non-hydrogen) atoms. The van der Waals surface area contributed by atoms with Crippen molar-refractivity contribution in [3.63, 3.8) is 0 Å². The lowest BCUT2D eigenvalue weighted by molar-refractivity contribution is 0.196. The summed E-state index contributed by atoms with van der Waals surface area (Å²) in [5.41, 5.74) is 4.59. The Balaban J connectivity index is 1.69. The highest BCUT2D eigenvalue weighted by molar-refractivity contribution is 5.82. The van der Waals surface area contributed by atoms with Gasteiger partial charge in [0.2, 0.25) is 0 Å². The van der Waals surface area contributed by atoms with E-state index < -0.39 is 6.09 Å². The molecule has 0 aliphatic heterocycles. The number of carboxylic acid groups (broad SMARTS) is 1. The number of nitrogens with zero attached hydrogens (tertiary/aromatic N) is 1.